The van der Waals surface area contributed by atoms with E-state index in [2.05, 4.69) is 10.5 Å². The Hall–Kier alpha value is -2.05. The van der Waals surface area contributed by atoms with Gasteiger partial charge in [-0.25, -0.2) is 4.79 Å². The first-order chi connectivity index (χ1) is 8.93. The Morgan fingerprint density at radius 1 is 1.58 bits per heavy atom. The van der Waals surface area contributed by atoms with Crippen molar-refractivity contribution in [2.75, 3.05) is 6.54 Å². The van der Waals surface area contributed by atoms with E-state index < -0.39 is 5.97 Å². The van der Waals surface area contributed by atoms with E-state index in [0.29, 0.717) is 12.3 Å². The number of aliphatic carboxylic acids is 1. The van der Waals surface area contributed by atoms with Gasteiger partial charge in [-0.05, 0) is 20.8 Å². The smallest absolute Gasteiger partial charge is 0.318 e. The van der Waals surface area contributed by atoms with Gasteiger partial charge >= 0.3 is 12.0 Å². The maximum absolute atomic E-state index is 11.9. The molecule has 0 bridgehead atoms. The molecule has 2 amide bonds. The van der Waals surface area contributed by atoms with Crippen molar-refractivity contribution in [3.63, 3.8) is 0 Å². The highest BCUT2D eigenvalue weighted by molar-refractivity contribution is 5.75. The van der Waals surface area contributed by atoms with Crippen LogP contribution in [0.1, 0.15) is 31.7 Å². The fourth-order valence-electron chi connectivity index (χ4n) is 1.78. The van der Waals surface area contributed by atoms with E-state index in [1.807, 2.05) is 0 Å². The SMILES string of the molecule is CCN(C(=O)NCc1cc(C)no1)C(C)CC(=O)O. The third kappa shape index (κ3) is 4.61. The maximum atomic E-state index is 11.9. The van der Waals surface area contributed by atoms with Crippen molar-refractivity contribution >= 4 is 12.0 Å². The summed E-state index contributed by atoms with van der Waals surface area (Å²) in [6.07, 6.45) is -0.0807. The second-order valence-electron chi connectivity index (χ2n) is 4.33. The first-order valence-corrected chi connectivity index (χ1v) is 6.12. The molecule has 1 aromatic rings. The molecule has 0 spiro atoms. The number of hydrogen-bond donors (Lipinski definition) is 2. The van der Waals surface area contributed by atoms with Gasteiger partial charge in [0.2, 0.25) is 0 Å². The number of urea groups is 1. The number of aromatic nitrogens is 1. The molecule has 0 aliphatic rings. The summed E-state index contributed by atoms with van der Waals surface area (Å²) in [6.45, 7) is 5.97. The van der Waals surface area contributed by atoms with Crippen LogP contribution >= 0.6 is 0 Å². The van der Waals surface area contributed by atoms with Gasteiger partial charge in [-0.3, -0.25) is 4.79 Å². The number of nitrogens with zero attached hydrogens (tertiary/aromatic N) is 2. The third-order valence-corrected chi connectivity index (χ3v) is 2.69. The summed E-state index contributed by atoms with van der Waals surface area (Å²) in [5, 5.41) is 15.1. The van der Waals surface area contributed by atoms with Gasteiger partial charge in [0.1, 0.15) is 0 Å². The van der Waals surface area contributed by atoms with Gasteiger partial charge in [0.25, 0.3) is 0 Å². The van der Waals surface area contributed by atoms with E-state index in [4.69, 9.17) is 9.63 Å². The minimum absolute atomic E-state index is 0.0807. The molecular formula is C12H19N3O4. The van der Waals surface area contributed by atoms with Crippen LogP contribution in [0.2, 0.25) is 0 Å². The van der Waals surface area contributed by atoms with Crippen LogP contribution in [0.4, 0.5) is 4.79 Å². The zero-order valence-electron chi connectivity index (χ0n) is 11.3. The minimum Gasteiger partial charge on any atom is -0.481 e. The standard InChI is InChI=1S/C12H19N3O4/c1-4-15(9(3)6-11(16)17)12(18)13-7-10-5-8(2)14-19-10/h5,9H,4,6-7H2,1-3H3,(H,13,18)(H,16,17). The summed E-state index contributed by atoms with van der Waals surface area (Å²) in [5.74, 6) is -0.364. The van der Waals surface area contributed by atoms with Crippen molar-refractivity contribution in [1.29, 1.82) is 0 Å². The van der Waals surface area contributed by atoms with E-state index >= 15 is 0 Å². The lowest BCUT2D eigenvalue weighted by atomic mass is 10.2. The molecule has 7 nitrogen and oxygen atoms in total. The predicted octanol–water partition coefficient (Wildman–Crippen LogP) is 1.38. The number of nitrogens with one attached hydrogen (secondary N) is 1. The average molecular weight is 269 g/mol. The fraction of sp³-hybridized carbons (Fsp3) is 0.583. The van der Waals surface area contributed by atoms with E-state index in [1.54, 1.807) is 26.8 Å². The molecule has 7 heteroatoms. The number of hydrogen-bond acceptors (Lipinski definition) is 4. The molecule has 0 fully saturated rings. The van der Waals surface area contributed by atoms with Crippen molar-refractivity contribution in [1.82, 2.24) is 15.4 Å². The molecule has 1 aromatic heterocycles. The molecule has 0 saturated heterocycles. The first-order valence-electron chi connectivity index (χ1n) is 6.12. The highest BCUT2D eigenvalue weighted by atomic mass is 16.5. The molecular weight excluding hydrogens is 250 g/mol. The summed E-state index contributed by atoms with van der Waals surface area (Å²) >= 11 is 0. The highest BCUT2D eigenvalue weighted by Gasteiger charge is 2.20. The topological polar surface area (TPSA) is 95.7 Å². The Labute approximate surface area is 111 Å². The minimum atomic E-state index is -0.926. The zero-order valence-corrected chi connectivity index (χ0v) is 11.3. The molecule has 0 saturated carbocycles. The van der Waals surface area contributed by atoms with E-state index in [-0.39, 0.29) is 25.0 Å². The quantitative estimate of drug-likeness (QED) is 0.813. The summed E-state index contributed by atoms with van der Waals surface area (Å²) < 4.78 is 4.98. The molecule has 2 N–H and O–H groups in total. The Bertz CT molecular complexity index is 444. The second-order valence-corrected chi connectivity index (χ2v) is 4.33. The molecule has 0 aromatic carbocycles. The summed E-state index contributed by atoms with van der Waals surface area (Å²) in [7, 11) is 0. The number of carboxylic acid groups (broad SMARTS) is 1. The number of amides is 2. The molecule has 0 aliphatic heterocycles. The highest BCUT2D eigenvalue weighted by Crippen LogP contribution is 2.06. The van der Waals surface area contributed by atoms with Crippen LogP contribution in [0, 0.1) is 6.92 Å². The third-order valence-electron chi connectivity index (χ3n) is 2.69. The van der Waals surface area contributed by atoms with Crippen molar-refractivity contribution < 1.29 is 19.2 Å². The first kappa shape index (κ1) is 15.0. The molecule has 1 atom stereocenters. The van der Waals surface area contributed by atoms with Crippen molar-refractivity contribution in [3.8, 4) is 0 Å². The van der Waals surface area contributed by atoms with Crippen LogP contribution in [0.15, 0.2) is 10.6 Å². The molecule has 1 unspecified atom stereocenters. The van der Waals surface area contributed by atoms with Gasteiger partial charge < -0.3 is 19.8 Å². The number of carbonyl (C=O) groups is 2. The summed E-state index contributed by atoms with van der Waals surface area (Å²) in [4.78, 5) is 24.1. The lowest BCUT2D eigenvalue weighted by molar-refractivity contribution is -0.138. The Morgan fingerprint density at radius 2 is 2.26 bits per heavy atom. The van der Waals surface area contributed by atoms with Crippen molar-refractivity contribution in [3.05, 3.63) is 17.5 Å². The number of carboxylic acids is 1. The van der Waals surface area contributed by atoms with Crippen LogP contribution in [0.5, 0.6) is 0 Å². The van der Waals surface area contributed by atoms with Crippen LogP contribution in [-0.4, -0.2) is 39.8 Å². The van der Waals surface area contributed by atoms with Crippen LogP contribution in [-0.2, 0) is 11.3 Å². The normalized spacial score (nSPS) is 11.9. The molecule has 0 aliphatic carbocycles. The summed E-state index contributed by atoms with van der Waals surface area (Å²) in [6, 6.07) is 1.06. The largest absolute Gasteiger partial charge is 0.481 e. The van der Waals surface area contributed by atoms with Gasteiger partial charge in [-0.1, -0.05) is 5.16 Å². The number of aryl methyl sites for hydroxylation is 1. The monoisotopic (exact) mass is 269 g/mol. The van der Waals surface area contributed by atoms with Gasteiger partial charge in [-0.2, -0.15) is 0 Å². The maximum Gasteiger partial charge on any atom is 0.318 e. The van der Waals surface area contributed by atoms with Gasteiger partial charge in [0, 0.05) is 18.7 Å². The van der Waals surface area contributed by atoms with Gasteiger partial charge in [0.15, 0.2) is 5.76 Å². The van der Waals surface area contributed by atoms with E-state index in [0.717, 1.165) is 5.69 Å². The van der Waals surface area contributed by atoms with E-state index in [1.165, 1.54) is 4.90 Å². The lowest BCUT2D eigenvalue weighted by Gasteiger charge is -2.26. The zero-order chi connectivity index (χ0) is 14.4. The Kier molecular flexibility index (Phi) is 5.35. The number of carbonyl (C=O) groups excluding carboxylic acids is 1. The molecule has 106 valence electrons. The Morgan fingerprint density at radius 3 is 2.74 bits per heavy atom. The van der Waals surface area contributed by atoms with Crippen molar-refractivity contribution in [2.45, 2.75) is 39.8 Å². The Balaban J connectivity index is 2.51. The average Bonchev–Trinajstić information content (AvgIpc) is 2.72. The van der Waals surface area contributed by atoms with Crippen LogP contribution in [0.3, 0.4) is 0 Å². The lowest BCUT2D eigenvalue weighted by Crippen LogP contribution is -2.45. The molecule has 0 radical (unpaired) electrons. The van der Waals surface area contributed by atoms with Crippen molar-refractivity contribution in [2.24, 2.45) is 0 Å². The molecule has 1 rings (SSSR count). The van der Waals surface area contributed by atoms with E-state index in [9.17, 15) is 9.59 Å². The van der Waals surface area contributed by atoms with Crippen LogP contribution < -0.4 is 5.32 Å². The molecule has 19 heavy (non-hydrogen) atoms. The number of rotatable bonds is 6. The fourth-order valence-corrected chi connectivity index (χ4v) is 1.78. The second kappa shape index (κ2) is 6.77. The van der Waals surface area contributed by atoms with Gasteiger partial charge in [0.05, 0.1) is 18.7 Å². The summed E-state index contributed by atoms with van der Waals surface area (Å²) in [5.41, 5.74) is 0.746. The predicted molar refractivity (Wildman–Crippen MR) is 67.6 cm³/mol. The van der Waals surface area contributed by atoms with Gasteiger partial charge in [-0.15, -0.1) is 0 Å². The molecule has 1 heterocycles. The van der Waals surface area contributed by atoms with Crippen LogP contribution in [0.25, 0.3) is 0 Å².